The molecular weight excluding hydrogens is 414 g/mol. The van der Waals surface area contributed by atoms with E-state index in [9.17, 15) is 4.79 Å². The Kier molecular flexibility index (Phi) is 4.65. The standard InChI is InChI=1S/C19H16ClN5O3S/c20-13-4-10-7-27-6-9-2-1-3-12(14(9)10)15(13)16-23-17(21)25-18(24-16)29-8-11-5-22-19(26)28-11/h1-4,11H,5-8H2,(H,22,26)(H2,21,23,24,25)/t11-/m1/s1. The van der Waals surface area contributed by atoms with Gasteiger partial charge < -0.3 is 20.5 Å². The molecule has 10 heteroatoms. The zero-order valence-corrected chi connectivity index (χ0v) is 16.7. The van der Waals surface area contributed by atoms with Gasteiger partial charge in [-0.25, -0.2) is 9.78 Å². The Morgan fingerprint density at radius 2 is 2.10 bits per heavy atom. The Balaban J connectivity index is 1.55. The van der Waals surface area contributed by atoms with Crippen LogP contribution in [0.1, 0.15) is 11.1 Å². The van der Waals surface area contributed by atoms with Crippen LogP contribution in [0.25, 0.3) is 22.2 Å². The highest BCUT2D eigenvalue weighted by Gasteiger charge is 2.24. The second-order valence-corrected chi connectivity index (χ2v) is 8.14. The summed E-state index contributed by atoms with van der Waals surface area (Å²) in [6.45, 7) is 1.53. The minimum Gasteiger partial charge on any atom is -0.443 e. The number of nitrogens with one attached hydrogen (secondary N) is 1. The number of carbonyl (C=O) groups is 1. The van der Waals surface area contributed by atoms with Crippen molar-refractivity contribution in [3.8, 4) is 11.4 Å². The third kappa shape index (κ3) is 3.45. The third-order valence-electron chi connectivity index (χ3n) is 4.80. The molecule has 29 heavy (non-hydrogen) atoms. The van der Waals surface area contributed by atoms with Crippen molar-refractivity contribution in [1.82, 2.24) is 20.3 Å². The average molecular weight is 430 g/mol. The van der Waals surface area contributed by atoms with Crippen LogP contribution in [0.4, 0.5) is 10.7 Å². The molecular formula is C19H16ClN5O3S. The van der Waals surface area contributed by atoms with Crippen LogP contribution in [0.3, 0.4) is 0 Å². The zero-order chi connectivity index (χ0) is 20.0. The number of benzene rings is 2. The van der Waals surface area contributed by atoms with Crippen molar-refractivity contribution >= 4 is 46.2 Å². The molecule has 0 unspecified atom stereocenters. The van der Waals surface area contributed by atoms with E-state index < -0.39 is 6.09 Å². The predicted octanol–water partition coefficient (Wildman–Crippen LogP) is 3.16. The normalized spacial score (nSPS) is 18.0. The number of nitrogen functional groups attached to an aromatic ring is 1. The summed E-state index contributed by atoms with van der Waals surface area (Å²) in [4.78, 5) is 24.3. The number of anilines is 1. The topological polar surface area (TPSA) is 112 Å². The number of carbonyl (C=O) groups excluding carboxylic acids is 1. The second-order valence-electron chi connectivity index (χ2n) is 6.74. The lowest BCUT2D eigenvalue weighted by molar-refractivity contribution is 0.103. The zero-order valence-electron chi connectivity index (χ0n) is 15.1. The molecule has 0 spiro atoms. The van der Waals surface area contributed by atoms with E-state index in [1.807, 2.05) is 24.3 Å². The van der Waals surface area contributed by atoms with Crippen molar-refractivity contribution in [2.75, 3.05) is 18.0 Å². The van der Waals surface area contributed by atoms with E-state index >= 15 is 0 Å². The molecule has 3 heterocycles. The smallest absolute Gasteiger partial charge is 0.407 e. The molecule has 148 valence electrons. The Bertz CT molecular complexity index is 1140. The first-order valence-corrected chi connectivity index (χ1v) is 10.3. The van der Waals surface area contributed by atoms with Gasteiger partial charge in [-0.05, 0) is 28.0 Å². The van der Waals surface area contributed by atoms with Crippen LogP contribution in [0.5, 0.6) is 0 Å². The van der Waals surface area contributed by atoms with Crippen molar-refractivity contribution in [1.29, 1.82) is 0 Å². The highest BCUT2D eigenvalue weighted by atomic mass is 35.5. The molecule has 0 bridgehead atoms. The second kappa shape index (κ2) is 7.33. The van der Waals surface area contributed by atoms with Gasteiger partial charge in [-0.2, -0.15) is 9.97 Å². The van der Waals surface area contributed by atoms with E-state index in [1.54, 1.807) is 0 Å². The summed E-state index contributed by atoms with van der Waals surface area (Å²) in [7, 11) is 0. The number of aromatic nitrogens is 3. The molecule has 3 aromatic rings. The number of alkyl carbamates (subject to hydrolysis) is 1. The van der Waals surface area contributed by atoms with E-state index in [4.69, 9.17) is 26.8 Å². The van der Waals surface area contributed by atoms with E-state index in [-0.39, 0.29) is 12.1 Å². The summed E-state index contributed by atoms with van der Waals surface area (Å²) in [5, 5.41) is 5.69. The fourth-order valence-electron chi connectivity index (χ4n) is 3.59. The molecule has 0 radical (unpaired) electrons. The fraction of sp³-hybridized carbons (Fsp3) is 0.263. The van der Waals surface area contributed by atoms with Crippen LogP contribution in [-0.2, 0) is 22.7 Å². The Morgan fingerprint density at radius 1 is 1.24 bits per heavy atom. The van der Waals surface area contributed by atoms with E-state index in [2.05, 4.69) is 20.3 Å². The summed E-state index contributed by atoms with van der Waals surface area (Å²) in [5.74, 6) is 1.04. The number of nitrogens with zero attached hydrogens (tertiary/aromatic N) is 3. The minimum absolute atomic E-state index is 0.110. The largest absolute Gasteiger partial charge is 0.443 e. The summed E-state index contributed by atoms with van der Waals surface area (Å²) in [6, 6.07) is 7.92. The van der Waals surface area contributed by atoms with Gasteiger partial charge in [0, 0.05) is 11.3 Å². The molecule has 2 aliphatic heterocycles. The number of amides is 1. The number of nitrogens with two attached hydrogens (primary N) is 1. The third-order valence-corrected chi connectivity index (χ3v) is 6.08. The van der Waals surface area contributed by atoms with Crippen LogP contribution in [0.15, 0.2) is 29.4 Å². The van der Waals surface area contributed by atoms with Crippen LogP contribution in [0.2, 0.25) is 5.02 Å². The SMILES string of the molecule is Nc1nc(SC[C@H]2CNC(=O)O2)nc(-c2c(Cl)cc3c4c(cccc24)COC3)n1. The first kappa shape index (κ1) is 18.4. The molecule has 8 nitrogen and oxygen atoms in total. The van der Waals surface area contributed by atoms with Gasteiger partial charge in [-0.15, -0.1) is 0 Å². The lowest BCUT2D eigenvalue weighted by Crippen LogP contribution is -2.17. The number of hydrogen-bond acceptors (Lipinski definition) is 8. The van der Waals surface area contributed by atoms with E-state index in [0.717, 1.165) is 27.5 Å². The molecule has 2 aliphatic rings. The maximum absolute atomic E-state index is 11.2. The summed E-state index contributed by atoms with van der Waals surface area (Å²) >= 11 is 7.98. The van der Waals surface area contributed by atoms with Crippen LogP contribution in [-0.4, -0.2) is 39.4 Å². The van der Waals surface area contributed by atoms with Crippen molar-refractivity contribution in [2.45, 2.75) is 24.5 Å². The first-order chi connectivity index (χ1) is 14.1. The summed E-state index contributed by atoms with van der Waals surface area (Å²) in [6.07, 6.45) is -0.649. The summed E-state index contributed by atoms with van der Waals surface area (Å²) < 4.78 is 10.8. The molecule has 2 aromatic carbocycles. The molecule has 1 aromatic heterocycles. The number of cyclic esters (lactones) is 1. The highest BCUT2D eigenvalue weighted by molar-refractivity contribution is 7.99. The van der Waals surface area contributed by atoms with Gasteiger partial charge in [0.05, 0.1) is 24.8 Å². The number of thioether (sulfide) groups is 1. The molecule has 1 saturated heterocycles. The maximum atomic E-state index is 11.2. The number of hydrogen-bond donors (Lipinski definition) is 2. The van der Waals surface area contributed by atoms with Crippen molar-refractivity contribution in [3.63, 3.8) is 0 Å². The van der Waals surface area contributed by atoms with Crippen LogP contribution in [0, 0.1) is 0 Å². The molecule has 1 atom stereocenters. The van der Waals surface area contributed by atoms with Gasteiger partial charge in [0.2, 0.25) is 5.95 Å². The van der Waals surface area contributed by atoms with Crippen LogP contribution < -0.4 is 11.1 Å². The van der Waals surface area contributed by atoms with E-state index in [1.165, 1.54) is 11.8 Å². The van der Waals surface area contributed by atoms with Gasteiger partial charge in [0.15, 0.2) is 11.0 Å². The minimum atomic E-state index is -0.411. The molecule has 0 aliphatic carbocycles. The Hall–Kier alpha value is -2.62. The van der Waals surface area contributed by atoms with Gasteiger partial charge in [-0.3, -0.25) is 0 Å². The van der Waals surface area contributed by atoms with Gasteiger partial charge in [0.1, 0.15) is 6.10 Å². The van der Waals surface area contributed by atoms with Gasteiger partial charge >= 0.3 is 6.09 Å². The molecule has 1 fully saturated rings. The van der Waals surface area contributed by atoms with Gasteiger partial charge in [-0.1, -0.05) is 41.6 Å². The van der Waals surface area contributed by atoms with Crippen molar-refractivity contribution in [2.24, 2.45) is 0 Å². The van der Waals surface area contributed by atoms with E-state index in [0.29, 0.717) is 41.5 Å². The number of halogens is 1. The quantitative estimate of drug-likeness (QED) is 0.608. The monoisotopic (exact) mass is 429 g/mol. The van der Waals surface area contributed by atoms with Crippen LogP contribution >= 0.6 is 23.4 Å². The highest BCUT2D eigenvalue weighted by Crippen LogP contribution is 2.39. The number of rotatable bonds is 4. The molecule has 0 saturated carbocycles. The lowest BCUT2D eigenvalue weighted by atomic mass is 9.94. The van der Waals surface area contributed by atoms with Crippen molar-refractivity contribution in [3.05, 3.63) is 40.4 Å². The van der Waals surface area contributed by atoms with Crippen molar-refractivity contribution < 1.29 is 14.3 Å². The molecule has 3 N–H and O–H groups in total. The fourth-order valence-corrected chi connectivity index (χ4v) is 4.73. The number of ether oxygens (including phenoxy) is 2. The predicted molar refractivity (Wildman–Crippen MR) is 110 cm³/mol. The molecule has 5 rings (SSSR count). The average Bonchev–Trinajstić information content (AvgIpc) is 3.11. The molecule has 1 amide bonds. The Labute approximate surface area is 175 Å². The lowest BCUT2D eigenvalue weighted by Gasteiger charge is -2.20. The Morgan fingerprint density at radius 3 is 2.93 bits per heavy atom. The first-order valence-electron chi connectivity index (χ1n) is 8.98. The van der Waals surface area contributed by atoms with Gasteiger partial charge in [0.25, 0.3) is 0 Å². The summed E-state index contributed by atoms with van der Waals surface area (Å²) in [5.41, 5.74) is 8.83. The maximum Gasteiger partial charge on any atom is 0.407 e.